The average molecular weight is 352 g/mol. The van der Waals surface area contributed by atoms with Gasteiger partial charge in [0.15, 0.2) is 0 Å². The van der Waals surface area contributed by atoms with Crippen molar-refractivity contribution in [2.45, 2.75) is 25.8 Å². The highest BCUT2D eigenvalue weighted by atomic mass is 35.5. The summed E-state index contributed by atoms with van der Waals surface area (Å²) in [6.45, 7) is 6.17. The molecule has 2 aliphatic rings. The van der Waals surface area contributed by atoms with Crippen LogP contribution in [0.3, 0.4) is 0 Å². The molecule has 134 valence electrons. The average Bonchev–Trinajstić information content (AvgIpc) is 3.02. The minimum atomic E-state index is 0. The number of carbonyl (C=O) groups excluding carboxylic acids is 1. The molecule has 1 atom stereocenters. The lowest BCUT2D eigenvalue weighted by Gasteiger charge is -2.28. The highest BCUT2D eigenvalue weighted by Gasteiger charge is 2.28. The Balaban J connectivity index is 0.00000208. The van der Waals surface area contributed by atoms with Crippen molar-refractivity contribution in [3.05, 3.63) is 35.9 Å². The summed E-state index contributed by atoms with van der Waals surface area (Å²) in [6, 6.07) is 10.7. The van der Waals surface area contributed by atoms with Crippen LogP contribution in [-0.2, 0) is 11.3 Å². The van der Waals surface area contributed by atoms with Crippen LogP contribution in [0.15, 0.2) is 30.3 Å². The van der Waals surface area contributed by atoms with Gasteiger partial charge in [-0.2, -0.15) is 0 Å². The van der Waals surface area contributed by atoms with E-state index in [4.69, 9.17) is 0 Å². The Labute approximate surface area is 152 Å². The summed E-state index contributed by atoms with van der Waals surface area (Å²) in [6.07, 6.45) is 3.19. The number of carbonyl (C=O) groups is 1. The summed E-state index contributed by atoms with van der Waals surface area (Å²) < 4.78 is 0. The molecule has 1 aromatic rings. The number of halogens is 1. The van der Waals surface area contributed by atoms with Gasteiger partial charge in [0.2, 0.25) is 5.91 Å². The summed E-state index contributed by atoms with van der Waals surface area (Å²) >= 11 is 0. The molecule has 2 aliphatic heterocycles. The van der Waals surface area contributed by atoms with E-state index in [-0.39, 0.29) is 18.3 Å². The number of hydrogen-bond acceptors (Lipinski definition) is 3. The van der Waals surface area contributed by atoms with Crippen LogP contribution in [0.2, 0.25) is 0 Å². The van der Waals surface area contributed by atoms with Crippen LogP contribution in [-0.4, -0.2) is 55.5 Å². The first-order chi connectivity index (χ1) is 11.2. The van der Waals surface area contributed by atoms with E-state index in [1.54, 1.807) is 0 Å². The summed E-state index contributed by atoms with van der Waals surface area (Å²) in [4.78, 5) is 17.1. The molecule has 0 aliphatic carbocycles. The van der Waals surface area contributed by atoms with Gasteiger partial charge in [0.25, 0.3) is 0 Å². The number of piperidine rings is 1. The molecule has 2 fully saturated rings. The number of amides is 1. The fraction of sp³-hybridized carbons (Fsp3) is 0.632. The zero-order chi connectivity index (χ0) is 16.1. The fourth-order valence-electron chi connectivity index (χ4n) is 3.90. The third-order valence-electron chi connectivity index (χ3n) is 5.22. The smallest absolute Gasteiger partial charge is 0.225 e. The van der Waals surface area contributed by atoms with Gasteiger partial charge in [-0.3, -0.25) is 9.69 Å². The molecular weight excluding hydrogens is 322 g/mol. The third-order valence-corrected chi connectivity index (χ3v) is 5.22. The predicted molar refractivity (Wildman–Crippen MR) is 100 cm³/mol. The summed E-state index contributed by atoms with van der Waals surface area (Å²) in [7, 11) is 1.99. The topological polar surface area (TPSA) is 35.6 Å². The molecule has 0 radical (unpaired) electrons. The molecule has 1 aromatic carbocycles. The molecule has 0 spiro atoms. The Kier molecular flexibility index (Phi) is 7.53. The largest absolute Gasteiger partial charge is 0.345 e. The minimum absolute atomic E-state index is 0. The van der Waals surface area contributed by atoms with Gasteiger partial charge in [-0.25, -0.2) is 0 Å². The first-order valence-electron chi connectivity index (χ1n) is 8.94. The molecular formula is C19H30ClN3O. The highest BCUT2D eigenvalue weighted by Crippen LogP contribution is 2.21. The molecule has 3 rings (SSSR count). The Morgan fingerprint density at radius 1 is 1.21 bits per heavy atom. The second-order valence-electron chi connectivity index (χ2n) is 7.12. The monoisotopic (exact) mass is 351 g/mol. The summed E-state index contributed by atoms with van der Waals surface area (Å²) in [5.74, 6) is 1.21. The van der Waals surface area contributed by atoms with E-state index in [1.807, 2.05) is 11.9 Å². The first-order valence-corrected chi connectivity index (χ1v) is 8.94. The van der Waals surface area contributed by atoms with E-state index in [0.29, 0.717) is 11.8 Å². The quantitative estimate of drug-likeness (QED) is 0.884. The van der Waals surface area contributed by atoms with E-state index in [9.17, 15) is 4.79 Å². The molecule has 0 bridgehead atoms. The van der Waals surface area contributed by atoms with Crippen molar-refractivity contribution in [3.8, 4) is 0 Å². The maximum atomic E-state index is 12.5. The van der Waals surface area contributed by atoms with E-state index < -0.39 is 0 Å². The molecule has 0 aromatic heterocycles. The second kappa shape index (κ2) is 9.40. The van der Waals surface area contributed by atoms with Crippen molar-refractivity contribution in [2.24, 2.45) is 11.8 Å². The van der Waals surface area contributed by atoms with E-state index in [1.165, 1.54) is 12.0 Å². The van der Waals surface area contributed by atoms with Gasteiger partial charge in [-0.1, -0.05) is 30.3 Å². The van der Waals surface area contributed by atoms with Crippen molar-refractivity contribution >= 4 is 18.3 Å². The lowest BCUT2D eigenvalue weighted by Crippen LogP contribution is -2.41. The van der Waals surface area contributed by atoms with Gasteiger partial charge in [-0.05, 0) is 50.4 Å². The molecule has 24 heavy (non-hydrogen) atoms. The number of nitrogens with one attached hydrogen (secondary N) is 1. The van der Waals surface area contributed by atoms with Gasteiger partial charge < -0.3 is 10.2 Å². The number of benzene rings is 1. The number of rotatable bonds is 5. The number of likely N-dealkylation sites (tertiary alicyclic amines) is 1. The van der Waals surface area contributed by atoms with Gasteiger partial charge in [0, 0.05) is 32.6 Å². The maximum Gasteiger partial charge on any atom is 0.225 e. The Morgan fingerprint density at radius 2 is 1.92 bits per heavy atom. The lowest BCUT2D eigenvalue weighted by atomic mass is 9.96. The maximum absolute atomic E-state index is 12.5. The van der Waals surface area contributed by atoms with Crippen LogP contribution in [0.1, 0.15) is 24.8 Å². The number of nitrogens with zero attached hydrogens (tertiary/aromatic N) is 2. The van der Waals surface area contributed by atoms with Crippen molar-refractivity contribution < 1.29 is 4.79 Å². The van der Waals surface area contributed by atoms with Crippen molar-refractivity contribution in [2.75, 3.05) is 39.8 Å². The predicted octanol–water partition coefficient (Wildman–Crippen LogP) is 2.39. The Bertz CT molecular complexity index is 505. The molecule has 1 amide bonds. The number of hydrogen-bond donors (Lipinski definition) is 1. The first kappa shape index (κ1) is 19.2. The van der Waals surface area contributed by atoms with Gasteiger partial charge >= 0.3 is 0 Å². The van der Waals surface area contributed by atoms with Crippen LogP contribution < -0.4 is 5.32 Å². The zero-order valence-electron chi connectivity index (χ0n) is 14.6. The van der Waals surface area contributed by atoms with Crippen LogP contribution in [0.5, 0.6) is 0 Å². The van der Waals surface area contributed by atoms with Gasteiger partial charge in [-0.15, -0.1) is 12.4 Å². The molecule has 1 N–H and O–H groups in total. The highest BCUT2D eigenvalue weighted by molar-refractivity contribution is 5.85. The van der Waals surface area contributed by atoms with Crippen LogP contribution in [0.25, 0.3) is 0 Å². The summed E-state index contributed by atoms with van der Waals surface area (Å²) in [5.41, 5.74) is 1.38. The molecule has 1 unspecified atom stereocenters. The molecule has 5 heteroatoms. The van der Waals surface area contributed by atoms with Crippen LogP contribution in [0.4, 0.5) is 0 Å². The zero-order valence-corrected chi connectivity index (χ0v) is 15.4. The Hall–Kier alpha value is -1.10. The van der Waals surface area contributed by atoms with Crippen LogP contribution >= 0.6 is 12.4 Å². The molecule has 2 saturated heterocycles. The normalized spacial score (nSPS) is 22.1. The van der Waals surface area contributed by atoms with E-state index >= 15 is 0 Å². The third kappa shape index (κ3) is 5.20. The van der Waals surface area contributed by atoms with Crippen molar-refractivity contribution in [1.29, 1.82) is 0 Å². The minimum Gasteiger partial charge on any atom is -0.345 e. The fourth-order valence-corrected chi connectivity index (χ4v) is 3.90. The Morgan fingerprint density at radius 3 is 2.62 bits per heavy atom. The molecule has 4 nitrogen and oxygen atoms in total. The van der Waals surface area contributed by atoms with Crippen molar-refractivity contribution in [3.63, 3.8) is 0 Å². The van der Waals surface area contributed by atoms with Crippen LogP contribution in [0, 0.1) is 11.8 Å². The molecule has 2 heterocycles. The molecule has 0 saturated carbocycles. The van der Waals surface area contributed by atoms with E-state index in [2.05, 4.69) is 40.5 Å². The van der Waals surface area contributed by atoms with Gasteiger partial charge in [0.05, 0.1) is 0 Å². The van der Waals surface area contributed by atoms with E-state index in [0.717, 1.165) is 52.1 Å². The van der Waals surface area contributed by atoms with Crippen molar-refractivity contribution in [1.82, 2.24) is 15.1 Å². The lowest BCUT2D eigenvalue weighted by molar-refractivity contribution is -0.135. The standard InChI is InChI=1S/C19H29N3O.ClH/c1-21(19(23)18-7-10-20-11-8-18)13-17-9-12-22(15-17)14-16-5-3-2-4-6-16;/h2-6,17-18,20H,7-15H2,1H3;1H. The van der Waals surface area contributed by atoms with Gasteiger partial charge in [0.1, 0.15) is 0 Å². The SMILES string of the molecule is CN(CC1CCN(Cc2ccccc2)C1)C(=O)C1CCNCC1.Cl. The summed E-state index contributed by atoms with van der Waals surface area (Å²) in [5, 5.41) is 3.33. The second-order valence-corrected chi connectivity index (χ2v) is 7.12.